The van der Waals surface area contributed by atoms with Gasteiger partial charge in [0.15, 0.2) is 0 Å². The Hall–Kier alpha value is -0.610. The molecule has 0 aliphatic carbocycles. The quantitative estimate of drug-likeness (QED) is 0.730. The van der Waals surface area contributed by atoms with Crippen LogP contribution in [-0.2, 0) is 13.1 Å². The molecule has 0 fully saturated rings. The third-order valence-corrected chi connectivity index (χ3v) is 3.73. The first-order chi connectivity index (χ1) is 9.04. The van der Waals surface area contributed by atoms with Crippen LogP contribution >= 0.6 is 39.1 Å². The number of halogens is 3. The fourth-order valence-corrected chi connectivity index (χ4v) is 2.72. The summed E-state index contributed by atoms with van der Waals surface area (Å²) in [6.45, 7) is 1.58. The Labute approximate surface area is 131 Å². The average molecular weight is 360 g/mol. The van der Waals surface area contributed by atoms with E-state index >= 15 is 0 Å². The highest BCUT2D eigenvalue weighted by Gasteiger charge is 2.07. The van der Waals surface area contributed by atoms with Crippen molar-refractivity contribution in [1.82, 2.24) is 9.88 Å². The molecule has 19 heavy (non-hydrogen) atoms. The number of pyridine rings is 1. The Morgan fingerprint density at radius 3 is 2.68 bits per heavy atom. The minimum absolute atomic E-state index is 0.420. The van der Waals surface area contributed by atoms with Crippen LogP contribution in [0.1, 0.15) is 11.1 Å². The summed E-state index contributed by atoms with van der Waals surface area (Å²) in [4.78, 5) is 6.24. The molecule has 2 aromatic rings. The zero-order valence-corrected chi connectivity index (χ0v) is 13.5. The van der Waals surface area contributed by atoms with E-state index in [-0.39, 0.29) is 0 Å². The van der Waals surface area contributed by atoms with E-state index in [2.05, 4.69) is 37.9 Å². The molecule has 0 N–H and O–H groups in total. The maximum atomic E-state index is 6.14. The van der Waals surface area contributed by atoms with E-state index in [1.54, 1.807) is 12.3 Å². The second kappa shape index (κ2) is 6.71. The van der Waals surface area contributed by atoms with Gasteiger partial charge in [-0.3, -0.25) is 4.90 Å². The van der Waals surface area contributed by atoms with E-state index < -0.39 is 0 Å². The summed E-state index contributed by atoms with van der Waals surface area (Å²) in [5.41, 5.74) is 2.22. The summed E-state index contributed by atoms with van der Waals surface area (Å²) >= 11 is 15.4. The van der Waals surface area contributed by atoms with E-state index in [0.717, 1.165) is 23.1 Å². The molecule has 0 unspecified atom stereocenters. The Bertz CT molecular complexity index is 575. The fourth-order valence-electron chi connectivity index (χ4n) is 1.85. The molecule has 100 valence electrons. The Kier molecular flexibility index (Phi) is 5.22. The van der Waals surface area contributed by atoms with Crippen LogP contribution in [-0.4, -0.2) is 16.9 Å². The minimum atomic E-state index is 0.420. The van der Waals surface area contributed by atoms with Crippen molar-refractivity contribution < 1.29 is 0 Å². The molecule has 0 bridgehead atoms. The highest BCUT2D eigenvalue weighted by Crippen LogP contribution is 2.20. The number of benzene rings is 1. The van der Waals surface area contributed by atoms with Crippen molar-refractivity contribution in [2.24, 2.45) is 0 Å². The summed E-state index contributed by atoms with van der Waals surface area (Å²) in [5.74, 6) is 0. The number of rotatable bonds is 4. The van der Waals surface area contributed by atoms with Crippen molar-refractivity contribution in [3.8, 4) is 0 Å². The molecule has 0 radical (unpaired) electrons. The van der Waals surface area contributed by atoms with Crippen molar-refractivity contribution in [1.29, 1.82) is 0 Å². The molecule has 2 rings (SSSR count). The zero-order chi connectivity index (χ0) is 13.8. The molecule has 0 saturated heterocycles. The fraction of sp³-hybridized carbons (Fsp3) is 0.214. The number of aromatic nitrogens is 1. The van der Waals surface area contributed by atoms with Gasteiger partial charge in [0.2, 0.25) is 0 Å². The lowest BCUT2D eigenvalue weighted by Gasteiger charge is -2.17. The van der Waals surface area contributed by atoms with Gasteiger partial charge in [-0.15, -0.1) is 0 Å². The molecule has 0 saturated carbocycles. The predicted molar refractivity (Wildman–Crippen MR) is 83.6 cm³/mol. The van der Waals surface area contributed by atoms with Gasteiger partial charge in [0, 0.05) is 34.3 Å². The van der Waals surface area contributed by atoms with Crippen molar-refractivity contribution in [2.75, 3.05) is 7.05 Å². The highest BCUT2D eigenvalue weighted by molar-refractivity contribution is 9.10. The second-order valence-corrected chi connectivity index (χ2v) is 6.11. The number of hydrogen-bond acceptors (Lipinski definition) is 2. The van der Waals surface area contributed by atoms with E-state index in [0.29, 0.717) is 10.2 Å². The minimum Gasteiger partial charge on any atom is -0.298 e. The Morgan fingerprint density at radius 2 is 2.00 bits per heavy atom. The maximum absolute atomic E-state index is 6.14. The first-order valence-electron chi connectivity index (χ1n) is 5.77. The van der Waals surface area contributed by atoms with Gasteiger partial charge in [-0.05, 0) is 30.8 Å². The SMILES string of the molecule is CN(Cc1cccc(Br)c1)Cc1cnc(Cl)cc1Cl. The van der Waals surface area contributed by atoms with Crippen molar-refractivity contribution in [3.05, 3.63) is 62.3 Å². The van der Waals surface area contributed by atoms with Crippen LogP contribution in [0.4, 0.5) is 0 Å². The standard InChI is InChI=1S/C14H13BrCl2N2/c1-19(8-10-3-2-4-12(15)5-10)9-11-7-18-14(17)6-13(11)16/h2-7H,8-9H2,1H3. The van der Waals surface area contributed by atoms with Gasteiger partial charge >= 0.3 is 0 Å². The lowest BCUT2D eigenvalue weighted by Crippen LogP contribution is -2.17. The molecule has 1 heterocycles. The first-order valence-corrected chi connectivity index (χ1v) is 7.32. The molecular formula is C14H13BrCl2N2. The molecule has 5 heteroatoms. The van der Waals surface area contributed by atoms with Gasteiger partial charge in [-0.1, -0.05) is 51.3 Å². The third-order valence-electron chi connectivity index (χ3n) is 2.68. The summed E-state index contributed by atoms with van der Waals surface area (Å²) in [5, 5.41) is 1.07. The smallest absolute Gasteiger partial charge is 0.130 e. The highest BCUT2D eigenvalue weighted by atomic mass is 79.9. The van der Waals surface area contributed by atoms with E-state index in [1.165, 1.54) is 5.56 Å². The monoisotopic (exact) mass is 358 g/mol. The summed E-state index contributed by atoms with van der Waals surface area (Å²) in [7, 11) is 2.05. The topological polar surface area (TPSA) is 16.1 Å². The average Bonchev–Trinajstić information content (AvgIpc) is 2.33. The lowest BCUT2D eigenvalue weighted by atomic mass is 10.2. The third kappa shape index (κ3) is 4.46. The molecule has 0 spiro atoms. The van der Waals surface area contributed by atoms with Gasteiger partial charge < -0.3 is 0 Å². The summed E-state index contributed by atoms with van der Waals surface area (Å²) in [6, 6.07) is 9.93. The van der Waals surface area contributed by atoms with Crippen LogP contribution in [0.2, 0.25) is 10.2 Å². The van der Waals surface area contributed by atoms with Crippen LogP contribution in [0.25, 0.3) is 0 Å². The molecule has 1 aromatic heterocycles. The Morgan fingerprint density at radius 1 is 1.21 bits per heavy atom. The van der Waals surface area contributed by atoms with Crippen LogP contribution < -0.4 is 0 Å². The van der Waals surface area contributed by atoms with Gasteiger partial charge in [0.05, 0.1) is 0 Å². The second-order valence-electron chi connectivity index (χ2n) is 4.40. The van der Waals surface area contributed by atoms with Crippen LogP contribution in [0.15, 0.2) is 41.0 Å². The number of nitrogens with zero attached hydrogens (tertiary/aromatic N) is 2. The van der Waals surface area contributed by atoms with Crippen molar-refractivity contribution in [3.63, 3.8) is 0 Å². The lowest BCUT2D eigenvalue weighted by molar-refractivity contribution is 0.318. The Balaban J connectivity index is 2.03. The largest absolute Gasteiger partial charge is 0.298 e. The molecule has 2 nitrogen and oxygen atoms in total. The molecule has 0 atom stereocenters. The molecular weight excluding hydrogens is 347 g/mol. The number of hydrogen-bond donors (Lipinski definition) is 0. The molecule has 1 aromatic carbocycles. The molecule has 0 aliphatic heterocycles. The van der Waals surface area contributed by atoms with Gasteiger partial charge in [0.25, 0.3) is 0 Å². The van der Waals surface area contributed by atoms with Crippen molar-refractivity contribution in [2.45, 2.75) is 13.1 Å². The summed E-state index contributed by atoms with van der Waals surface area (Å²) < 4.78 is 1.09. The predicted octanol–water partition coefficient (Wildman–Crippen LogP) is 4.78. The first kappa shape index (κ1) is 14.8. The van der Waals surface area contributed by atoms with Gasteiger partial charge in [-0.25, -0.2) is 4.98 Å². The van der Waals surface area contributed by atoms with Gasteiger partial charge in [-0.2, -0.15) is 0 Å². The normalized spacial score (nSPS) is 11.0. The van der Waals surface area contributed by atoms with Crippen LogP contribution in [0.5, 0.6) is 0 Å². The van der Waals surface area contributed by atoms with E-state index in [1.807, 2.05) is 19.2 Å². The van der Waals surface area contributed by atoms with Crippen LogP contribution in [0, 0.1) is 0 Å². The van der Waals surface area contributed by atoms with Crippen molar-refractivity contribution >= 4 is 39.1 Å². The molecule has 0 aliphatic rings. The van der Waals surface area contributed by atoms with Gasteiger partial charge in [0.1, 0.15) is 5.15 Å². The summed E-state index contributed by atoms with van der Waals surface area (Å²) in [6.07, 6.45) is 1.72. The van der Waals surface area contributed by atoms with E-state index in [9.17, 15) is 0 Å². The van der Waals surface area contributed by atoms with Crippen LogP contribution in [0.3, 0.4) is 0 Å². The van der Waals surface area contributed by atoms with E-state index in [4.69, 9.17) is 23.2 Å². The maximum Gasteiger partial charge on any atom is 0.130 e. The zero-order valence-electron chi connectivity index (χ0n) is 10.4. The molecule has 0 amide bonds.